The molecule has 38 heavy (non-hydrogen) atoms. The minimum Gasteiger partial charge on any atom is -0.465 e. The van der Waals surface area contributed by atoms with Crippen LogP contribution in [-0.4, -0.2) is 48.2 Å². The Morgan fingerprint density at radius 1 is 0.974 bits per heavy atom. The maximum absolute atomic E-state index is 13.4. The van der Waals surface area contributed by atoms with Crippen LogP contribution >= 0.6 is 0 Å². The zero-order valence-electron chi connectivity index (χ0n) is 19.9. The van der Waals surface area contributed by atoms with E-state index in [-0.39, 0.29) is 43.8 Å². The molecule has 0 saturated carbocycles. The van der Waals surface area contributed by atoms with Gasteiger partial charge in [0.1, 0.15) is 5.82 Å². The van der Waals surface area contributed by atoms with Crippen molar-refractivity contribution in [2.45, 2.75) is 37.7 Å². The van der Waals surface area contributed by atoms with E-state index in [4.69, 9.17) is 9.84 Å². The number of alkyl halides is 6. The number of carbonyl (C=O) groups is 2. The van der Waals surface area contributed by atoms with Crippen LogP contribution in [0.25, 0.3) is 0 Å². The van der Waals surface area contributed by atoms with Crippen LogP contribution in [0.1, 0.15) is 41.0 Å². The molecule has 2 N–H and O–H groups in total. The fourth-order valence-corrected chi connectivity index (χ4v) is 4.13. The first-order valence-corrected chi connectivity index (χ1v) is 11.6. The highest BCUT2D eigenvalue weighted by molar-refractivity contribution is 5.79. The van der Waals surface area contributed by atoms with Crippen molar-refractivity contribution >= 4 is 12.0 Å². The maximum Gasteiger partial charge on any atom is 0.416 e. The van der Waals surface area contributed by atoms with Crippen molar-refractivity contribution in [2.24, 2.45) is 5.92 Å². The van der Waals surface area contributed by atoms with Crippen molar-refractivity contribution < 1.29 is 50.2 Å². The average molecular weight is 550 g/mol. The number of hydrogen-bond donors (Lipinski definition) is 2. The summed E-state index contributed by atoms with van der Waals surface area (Å²) in [5.74, 6) is -1.86. The summed E-state index contributed by atoms with van der Waals surface area (Å²) in [5.41, 5.74) is -2.71. The van der Waals surface area contributed by atoms with E-state index < -0.39 is 53.8 Å². The summed E-state index contributed by atoms with van der Waals surface area (Å²) in [7, 11) is 0. The first-order chi connectivity index (χ1) is 17.7. The fourth-order valence-electron chi connectivity index (χ4n) is 4.13. The predicted octanol–water partition coefficient (Wildman–Crippen LogP) is 5.67. The van der Waals surface area contributed by atoms with E-state index in [9.17, 15) is 40.3 Å². The molecule has 0 bridgehead atoms. The standard InChI is InChI=1S/C25H25F7N2O4/c26-21-3-1-16(2-4-21)18(12-33-22(35)17-5-7-34(8-6-17)23(36)37)14-38-13-15-9-19(24(27,28)29)11-20(10-15)25(30,31)32/h1-4,9-11,17-18H,5-8,12-14H2,(H,33,35)(H,36,37). The summed E-state index contributed by atoms with van der Waals surface area (Å²) in [5, 5.41) is 11.8. The molecule has 1 fully saturated rings. The van der Waals surface area contributed by atoms with E-state index in [0.29, 0.717) is 30.5 Å². The topological polar surface area (TPSA) is 78.9 Å². The molecule has 6 nitrogen and oxygen atoms in total. The number of piperidine rings is 1. The number of rotatable bonds is 8. The number of ether oxygens (including phenoxy) is 1. The number of nitrogens with one attached hydrogen (secondary N) is 1. The number of carbonyl (C=O) groups excluding carboxylic acids is 1. The number of benzene rings is 2. The number of halogens is 7. The molecular formula is C25H25F7N2O4. The van der Waals surface area contributed by atoms with Crippen LogP contribution in [0.3, 0.4) is 0 Å². The van der Waals surface area contributed by atoms with Gasteiger partial charge < -0.3 is 20.1 Å². The lowest BCUT2D eigenvalue weighted by Crippen LogP contribution is -2.43. The Morgan fingerprint density at radius 3 is 2.03 bits per heavy atom. The second kappa shape index (κ2) is 12.0. The lowest BCUT2D eigenvalue weighted by atomic mass is 9.95. The molecule has 1 heterocycles. The smallest absolute Gasteiger partial charge is 0.416 e. The SMILES string of the molecule is O=C(NCC(COCc1cc(C(F)(F)F)cc(C(F)(F)F)c1)c1ccc(F)cc1)C1CCN(C(=O)O)CC1. The summed E-state index contributed by atoms with van der Waals surface area (Å²) < 4.78 is 97.6. The number of likely N-dealkylation sites (tertiary alicyclic amines) is 1. The first kappa shape index (κ1) is 29.2. The molecule has 208 valence electrons. The molecule has 2 amide bonds. The summed E-state index contributed by atoms with van der Waals surface area (Å²) in [6, 6.07) is 6.41. The zero-order chi connectivity index (χ0) is 28.1. The number of amides is 2. The van der Waals surface area contributed by atoms with Gasteiger partial charge in [-0.1, -0.05) is 12.1 Å². The van der Waals surface area contributed by atoms with Gasteiger partial charge in [-0.15, -0.1) is 0 Å². The quantitative estimate of drug-likeness (QED) is 0.416. The van der Waals surface area contributed by atoms with Crippen molar-refractivity contribution in [1.29, 1.82) is 0 Å². The fraction of sp³-hybridized carbons (Fsp3) is 0.440. The Kier molecular flexibility index (Phi) is 9.23. The third-order valence-electron chi connectivity index (χ3n) is 6.24. The molecule has 0 radical (unpaired) electrons. The van der Waals surface area contributed by atoms with Gasteiger partial charge in [0.2, 0.25) is 5.91 Å². The molecule has 1 atom stereocenters. The number of carboxylic acid groups (broad SMARTS) is 1. The van der Waals surface area contributed by atoms with Gasteiger partial charge in [-0.2, -0.15) is 26.3 Å². The molecule has 0 aliphatic carbocycles. The molecule has 1 aliphatic heterocycles. The van der Waals surface area contributed by atoms with E-state index >= 15 is 0 Å². The largest absolute Gasteiger partial charge is 0.465 e. The Morgan fingerprint density at radius 2 is 1.53 bits per heavy atom. The second-order valence-corrected chi connectivity index (χ2v) is 8.97. The van der Waals surface area contributed by atoms with Gasteiger partial charge in [-0.3, -0.25) is 4.79 Å². The lowest BCUT2D eigenvalue weighted by molar-refractivity contribution is -0.143. The Balaban J connectivity index is 1.67. The van der Waals surface area contributed by atoms with E-state index in [1.165, 1.54) is 29.2 Å². The van der Waals surface area contributed by atoms with Crippen molar-refractivity contribution in [3.63, 3.8) is 0 Å². The maximum atomic E-state index is 13.4. The van der Waals surface area contributed by atoms with Crippen molar-refractivity contribution in [1.82, 2.24) is 10.2 Å². The molecule has 0 aromatic heterocycles. The van der Waals surface area contributed by atoms with Gasteiger partial charge in [0.15, 0.2) is 0 Å². The average Bonchev–Trinajstić information content (AvgIpc) is 2.85. The van der Waals surface area contributed by atoms with E-state index in [0.717, 1.165) is 0 Å². The van der Waals surface area contributed by atoms with Crippen LogP contribution in [-0.2, 0) is 28.5 Å². The minimum atomic E-state index is -4.99. The third-order valence-corrected chi connectivity index (χ3v) is 6.24. The molecule has 1 saturated heterocycles. The Hall–Kier alpha value is -3.35. The van der Waals surface area contributed by atoms with Crippen LogP contribution in [0.4, 0.5) is 35.5 Å². The van der Waals surface area contributed by atoms with E-state index in [2.05, 4.69) is 5.32 Å². The van der Waals surface area contributed by atoms with Crippen molar-refractivity contribution in [3.05, 3.63) is 70.5 Å². The van der Waals surface area contributed by atoms with Crippen LogP contribution in [0.15, 0.2) is 42.5 Å². The van der Waals surface area contributed by atoms with E-state index in [1.54, 1.807) is 0 Å². The summed E-state index contributed by atoms with van der Waals surface area (Å²) in [4.78, 5) is 24.9. The van der Waals surface area contributed by atoms with Crippen molar-refractivity contribution in [2.75, 3.05) is 26.2 Å². The molecular weight excluding hydrogens is 525 g/mol. The highest BCUT2D eigenvalue weighted by atomic mass is 19.4. The molecule has 0 spiro atoms. The zero-order valence-corrected chi connectivity index (χ0v) is 19.9. The number of hydrogen-bond acceptors (Lipinski definition) is 3. The van der Waals surface area contributed by atoms with Gasteiger partial charge >= 0.3 is 18.4 Å². The van der Waals surface area contributed by atoms with Crippen molar-refractivity contribution in [3.8, 4) is 0 Å². The van der Waals surface area contributed by atoms with Crippen LogP contribution in [0.2, 0.25) is 0 Å². The molecule has 3 rings (SSSR count). The van der Waals surface area contributed by atoms with Gasteiger partial charge in [0, 0.05) is 31.5 Å². The summed E-state index contributed by atoms with van der Waals surface area (Å²) >= 11 is 0. The highest BCUT2D eigenvalue weighted by Crippen LogP contribution is 2.36. The van der Waals surface area contributed by atoms with E-state index in [1.807, 2.05) is 0 Å². The second-order valence-electron chi connectivity index (χ2n) is 8.97. The van der Waals surface area contributed by atoms with Gasteiger partial charge in [0.05, 0.1) is 24.3 Å². The molecule has 1 unspecified atom stereocenters. The van der Waals surface area contributed by atoms with Crippen LogP contribution in [0.5, 0.6) is 0 Å². The van der Waals surface area contributed by atoms with Gasteiger partial charge in [-0.25, -0.2) is 9.18 Å². The Labute approximate surface area is 213 Å². The molecule has 13 heteroatoms. The molecule has 2 aromatic carbocycles. The third kappa shape index (κ3) is 8.07. The normalized spacial score (nSPS) is 15.8. The number of nitrogens with zero attached hydrogens (tertiary/aromatic N) is 1. The molecule has 1 aliphatic rings. The Bertz CT molecular complexity index is 1080. The summed E-state index contributed by atoms with van der Waals surface area (Å²) in [6.07, 6.45) is -10.4. The van der Waals surface area contributed by atoms with Crippen LogP contribution < -0.4 is 5.32 Å². The monoisotopic (exact) mass is 550 g/mol. The van der Waals surface area contributed by atoms with Gasteiger partial charge in [-0.05, 0) is 54.3 Å². The summed E-state index contributed by atoms with van der Waals surface area (Å²) in [6.45, 7) is -0.350. The highest BCUT2D eigenvalue weighted by Gasteiger charge is 2.37. The first-order valence-electron chi connectivity index (χ1n) is 11.6. The molecule has 2 aromatic rings. The predicted molar refractivity (Wildman–Crippen MR) is 121 cm³/mol. The lowest BCUT2D eigenvalue weighted by Gasteiger charge is -2.29. The van der Waals surface area contributed by atoms with Crippen LogP contribution in [0, 0.1) is 11.7 Å². The minimum absolute atomic E-state index is 0.00000244. The van der Waals surface area contributed by atoms with Gasteiger partial charge in [0.25, 0.3) is 0 Å².